The summed E-state index contributed by atoms with van der Waals surface area (Å²) < 4.78 is 31.0. The number of nitrogens with zero attached hydrogens (tertiary/aromatic N) is 1. The van der Waals surface area contributed by atoms with E-state index in [0.717, 1.165) is 18.2 Å². The Hall–Kier alpha value is -2.50. The fourth-order valence-corrected chi connectivity index (χ4v) is 1.41. The molecule has 0 fully saturated rings. The molecule has 2 aromatic rings. The van der Waals surface area contributed by atoms with Crippen molar-refractivity contribution < 1.29 is 23.4 Å². The van der Waals surface area contributed by atoms with Crippen LogP contribution in [0.2, 0.25) is 0 Å². The Morgan fingerprint density at radius 1 is 1.21 bits per heavy atom. The normalized spacial score (nSPS) is 10.2. The molecule has 6 heteroatoms. The Morgan fingerprint density at radius 2 is 1.89 bits per heavy atom. The van der Waals surface area contributed by atoms with Gasteiger partial charge in [-0.1, -0.05) is 0 Å². The van der Waals surface area contributed by atoms with Crippen molar-refractivity contribution in [1.82, 2.24) is 4.98 Å². The molecule has 0 aliphatic heterocycles. The summed E-state index contributed by atoms with van der Waals surface area (Å²) in [5.41, 5.74) is 0.509. The third-order valence-electron chi connectivity index (χ3n) is 2.29. The highest BCUT2D eigenvalue weighted by molar-refractivity contribution is 5.87. The van der Waals surface area contributed by atoms with Crippen LogP contribution in [0.15, 0.2) is 36.5 Å². The third-order valence-corrected chi connectivity index (χ3v) is 2.29. The molecule has 1 aromatic heterocycles. The lowest BCUT2D eigenvalue weighted by Gasteiger charge is -2.06. The van der Waals surface area contributed by atoms with E-state index in [1.165, 1.54) is 18.3 Å². The van der Waals surface area contributed by atoms with E-state index < -0.39 is 17.6 Å². The second kappa shape index (κ2) is 5.43. The zero-order chi connectivity index (χ0) is 13.8. The van der Waals surface area contributed by atoms with E-state index in [0.29, 0.717) is 5.69 Å². The smallest absolute Gasteiger partial charge is 0.337 e. The summed E-state index contributed by atoms with van der Waals surface area (Å²) in [7, 11) is 0. The van der Waals surface area contributed by atoms with Crippen LogP contribution in [0.5, 0.6) is 5.75 Å². The molecule has 0 aliphatic rings. The number of aromatic carboxylic acids is 1. The first-order valence-electron chi connectivity index (χ1n) is 5.32. The van der Waals surface area contributed by atoms with E-state index in [9.17, 15) is 13.6 Å². The highest BCUT2D eigenvalue weighted by Crippen LogP contribution is 2.16. The van der Waals surface area contributed by atoms with Crippen molar-refractivity contribution in [2.24, 2.45) is 0 Å². The van der Waals surface area contributed by atoms with Crippen molar-refractivity contribution >= 4 is 5.97 Å². The van der Waals surface area contributed by atoms with Gasteiger partial charge in [-0.15, -0.1) is 0 Å². The quantitative estimate of drug-likeness (QED) is 0.923. The molecular weight excluding hydrogens is 256 g/mol. The molecule has 98 valence electrons. The number of rotatable bonds is 4. The van der Waals surface area contributed by atoms with Crippen LogP contribution in [0.3, 0.4) is 0 Å². The van der Waals surface area contributed by atoms with E-state index in [-0.39, 0.29) is 17.9 Å². The van der Waals surface area contributed by atoms with Crippen LogP contribution in [0, 0.1) is 11.6 Å². The standard InChI is InChI=1S/C13H9F2NO3/c14-9-3-10(15)5-12(4-9)19-7-11-2-1-8(6-16-11)13(17)18/h1-6H,7H2,(H,17,18). The van der Waals surface area contributed by atoms with E-state index >= 15 is 0 Å². The molecule has 0 bridgehead atoms. The Morgan fingerprint density at radius 3 is 2.42 bits per heavy atom. The number of hydrogen-bond acceptors (Lipinski definition) is 3. The third kappa shape index (κ3) is 3.48. The van der Waals surface area contributed by atoms with Crippen LogP contribution in [-0.4, -0.2) is 16.1 Å². The second-order valence-electron chi connectivity index (χ2n) is 3.74. The predicted molar refractivity (Wildman–Crippen MR) is 61.9 cm³/mol. The van der Waals surface area contributed by atoms with E-state index in [1.54, 1.807) is 0 Å². The van der Waals surface area contributed by atoms with Crippen molar-refractivity contribution in [3.05, 3.63) is 59.4 Å². The number of halogens is 2. The second-order valence-corrected chi connectivity index (χ2v) is 3.74. The van der Waals surface area contributed by atoms with Gasteiger partial charge in [0.15, 0.2) is 0 Å². The van der Waals surface area contributed by atoms with Crippen molar-refractivity contribution in [1.29, 1.82) is 0 Å². The van der Waals surface area contributed by atoms with Gasteiger partial charge < -0.3 is 9.84 Å². The first kappa shape index (κ1) is 12.9. The van der Waals surface area contributed by atoms with Crippen LogP contribution in [0.25, 0.3) is 0 Å². The largest absolute Gasteiger partial charge is 0.487 e. The van der Waals surface area contributed by atoms with Crippen molar-refractivity contribution in [2.75, 3.05) is 0 Å². The average molecular weight is 265 g/mol. The SMILES string of the molecule is O=C(O)c1ccc(COc2cc(F)cc(F)c2)nc1. The van der Waals surface area contributed by atoms with Crippen LogP contribution < -0.4 is 4.74 Å². The zero-order valence-electron chi connectivity index (χ0n) is 9.64. The zero-order valence-corrected chi connectivity index (χ0v) is 9.64. The van der Waals surface area contributed by atoms with Crippen LogP contribution in [-0.2, 0) is 6.61 Å². The van der Waals surface area contributed by atoms with Gasteiger partial charge in [-0.05, 0) is 12.1 Å². The lowest BCUT2D eigenvalue weighted by atomic mass is 10.2. The molecule has 1 aromatic carbocycles. The first-order valence-corrected chi connectivity index (χ1v) is 5.32. The monoisotopic (exact) mass is 265 g/mol. The molecule has 0 saturated heterocycles. The van der Waals surface area contributed by atoms with Crippen molar-refractivity contribution in [3.63, 3.8) is 0 Å². The molecule has 19 heavy (non-hydrogen) atoms. The molecular formula is C13H9F2NO3. The maximum atomic E-state index is 12.9. The van der Waals surface area contributed by atoms with Crippen molar-refractivity contribution in [2.45, 2.75) is 6.61 Å². The summed E-state index contributed by atoms with van der Waals surface area (Å²) in [6, 6.07) is 5.69. The Kier molecular flexibility index (Phi) is 3.70. The fourth-order valence-electron chi connectivity index (χ4n) is 1.41. The number of hydrogen-bond donors (Lipinski definition) is 1. The molecule has 2 rings (SSSR count). The summed E-state index contributed by atoms with van der Waals surface area (Å²) in [5.74, 6) is -2.50. The van der Waals surface area contributed by atoms with E-state index in [2.05, 4.69) is 4.98 Å². The lowest BCUT2D eigenvalue weighted by Crippen LogP contribution is -2.02. The summed E-state index contributed by atoms with van der Waals surface area (Å²) in [4.78, 5) is 14.5. The maximum absolute atomic E-state index is 12.9. The predicted octanol–water partition coefficient (Wildman–Crippen LogP) is 2.64. The number of carboxylic acids is 1. The average Bonchev–Trinajstić information content (AvgIpc) is 2.36. The minimum absolute atomic E-state index is 0.0111. The fraction of sp³-hybridized carbons (Fsp3) is 0.0769. The van der Waals surface area contributed by atoms with Crippen LogP contribution >= 0.6 is 0 Å². The number of benzene rings is 1. The van der Waals surface area contributed by atoms with Crippen molar-refractivity contribution in [3.8, 4) is 5.75 Å². The molecule has 0 aliphatic carbocycles. The molecule has 1 heterocycles. The topological polar surface area (TPSA) is 59.4 Å². The first-order chi connectivity index (χ1) is 9.04. The van der Waals surface area contributed by atoms with Gasteiger partial charge in [0, 0.05) is 24.4 Å². The van der Waals surface area contributed by atoms with Gasteiger partial charge in [0.25, 0.3) is 0 Å². The number of pyridine rings is 1. The molecule has 0 saturated carbocycles. The van der Waals surface area contributed by atoms with Gasteiger partial charge in [-0.3, -0.25) is 4.98 Å². The molecule has 1 N–H and O–H groups in total. The number of carbonyl (C=O) groups is 1. The lowest BCUT2D eigenvalue weighted by molar-refractivity contribution is 0.0696. The van der Waals surface area contributed by atoms with Gasteiger partial charge in [-0.2, -0.15) is 0 Å². The number of ether oxygens (including phenoxy) is 1. The Bertz CT molecular complexity index is 579. The molecule has 0 spiro atoms. The van der Waals surface area contributed by atoms with E-state index in [1.807, 2.05) is 0 Å². The van der Waals surface area contributed by atoms with Gasteiger partial charge in [0.1, 0.15) is 24.0 Å². The molecule has 4 nitrogen and oxygen atoms in total. The molecule has 0 radical (unpaired) electrons. The summed E-state index contributed by atoms with van der Waals surface area (Å²) in [6.07, 6.45) is 1.19. The summed E-state index contributed by atoms with van der Waals surface area (Å²) in [5, 5.41) is 8.69. The minimum atomic E-state index is -1.08. The Labute approximate surface area is 107 Å². The number of carboxylic acid groups (broad SMARTS) is 1. The van der Waals surface area contributed by atoms with Gasteiger partial charge in [-0.25, -0.2) is 13.6 Å². The molecule has 0 unspecified atom stereocenters. The van der Waals surface area contributed by atoms with E-state index in [4.69, 9.17) is 9.84 Å². The van der Waals surface area contributed by atoms with Gasteiger partial charge in [0.05, 0.1) is 11.3 Å². The maximum Gasteiger partial charge on any atom is 0.337 e. The minimum Gasteiger partial charge on any atom is -0.487 e. The molecule has 0 atom stereocenters. The Balaban J connectivity index is 2.03. The van der Waals surface area contributed by atoms with Gasteiger partial charge in [0.2, 0.25) is 0 Å². The van der Waals surface area contributed by atoms with Gasteiger partial charge >= 0.3 is 5.97 Å². The number of aromatic nitrogens is 1. The van der Waals surface area contributed by atoms with Crippen LogP contribution in [0.1, 0.15) is 16.1 Å². The molecule has 0 amide bonds. The van der Waals surface area contributed by atoms with Crippen LogP contribution in [0.4, 0.5) is 8.78 Å². The summed E-state index contributed by atoms with van der Waals surface area (Å²) >= 11 is 0. The highest BCUT2D eigenvalue weighted by atomic mass is 19.1. The summed E-state index contributed by atoms with van der Waals surface area (Å²) in [6.45, 7) is -0.0111. The highest BCUT2D eigenvalue weighted by Gasteiger charge is 2.05.